The van der Waals surface area contributed by atoms with Gasteiger partial charge in [0, 0.05) is 42.4 Å². The van der Waals surface area contributed by atoms with Crippen LogP contribution in [0.5, 0.6) is 0 Å². The van der Waals surface area contributed by atoms with Crippen molar-refractivity contribution in [3.05, 3.63) is 36.0 Å². The summed E-state index contributed by atoms with van der Waals surface area (Å²) < 4.78 is 0. The van der Waals surface area contributed by atoms with Crippen LogP contribution >= 0.6 is 0 Å². The van der Waals surface area contributed by atoms with E-state index in [4.69, 9.17) is 0 Å². The minimum absolute atomic E-state index is 0.0676. The molecular weight excluding hydrogens is 402 g/mol. The van der Waals surface area contributed by atoms with Gasteiger partial charge in [0.2, 0.25) is 11.8 Å². The maximum Gasteiger partial charge on any atom is 0.242 e. The number of hydrogen-bond donors (Lipinski definition) is 3. The highest BCUT2D eigenvalue weighted by molar-refractivity contribution is 5.88. The summed E-state index contributed by atoms with van der Waals surface area (Å²) in [6, 6.07) is 7.79. The van der Waals surface area contributed by atoms with E-state index in [1.54, 1.807) is 0 Å². The molecule has 0 saturated heterocycles. The number of benzene rings is 1. The lowest BCUT2D eigenvalue weighted by atomic mass is 10.0. The molecule has 1 aromatic carbocycles. The van der Waals surface area contributed by atoms with Crippen molar-refractivity contribution in [2.45, 2.75) is 96.1 Å². The van der Waals surface area contributed by atoms with Gasteiger partial charge < -0.3 is 15.6 Å². The first-order chi connectivity index (χ1) is 15.6. The van der Waals surface area contributed by atoms with E-state index in [-0.39, 0.29) is 23.6 Å². The molecule has 3 rings (SSSR count). The van der Waals surface area contributed by atoms with Gasteiger partial charge in [0.1, 0.15) is 11.8 Å². The summed E-state index contributed by atoms with van der Waals surface area (Å²) in [6.45, 7) is 1.89. The smallest absolute Gasteiger partial charge is 0.242 e. The van der Waals surface area contributed by atoms with Crippen LogP contribution in [0.2, 0.25) is 0 Å². The van der Waals surface area contributed by atoms with Crippen LogP contribution in [0.3, 0.4) is 0 Å². The number of para-hydroxylation sites is 1. The molecule has 1 heterocycles. The molecule has 1 saturated carbocycles. The Morgan fingerprint density at radius 2 is 1.84 bits per heavy atom. The Kier molecular flexibility index (Phi) is 9.32. The molecule has 1 aliphatic rings. The van der Waals surface area contributed by atoms with Gasteiger partial charge in [-0.2, -0.15) is 0 Å². The Morgan fingerprint density at radius 1 is 1.06 bits per heavy atom. The fraction of sp³-hybridized carbons (Fsp3) is 0.577. The van der Waals surface area contributed by atoms with Gasteiger partial charge in [-0.15, -0.1) is 0 Å². The quantitative estimate of drug-likeness (QED) is 0.399. The van der Waals surface area contributed by atoms with Crippen molar-refractivity contribution < 1.29 is 14.4 Å². The van der Waals surface area contributed by atoms with Gasteiger partial charge >= 0.3 is 0 Å². The number of hydrogen-bond acceptors (Lipinski definition) is 3. The Labute approximate surface area is 190 Å². The molecule has 0 radical (unpaired) electrons. The number of Topliss-reactive ketones (excluding diaryl/α,β-unsaturated/α-hetero) is 1. The molecule has 0 spiro atoms. The zero-order valence-electron chi connectivity index (χ0n) is 19.3. The third-order valence-corrected chi connectivity index (χ3v) is 6.49. The van der Waals surface area contributed by atoms with Crippen molar-refractivity contribution in [2.75, 3.05) is 0 Å². The van der Waals surface area contributed by atoms with Crippen molar-refractivity contribution in [1.82, 2.24) is 15.6 Å². The minimum Gasteiger partial charge on any atom is -0.361 e. The Balaban J connectivity index is 1.50. The SMILES string of the molecule is CCC(=O)CCCCCC(NC(=O)CCc1c[nH]c2ccccc12)C(=O)NC1CCCC1. The first-order valence-corrected chi connectivity index (χ1v) is 12.2. The van der Waals surface area contributed by atoms with Gasteiger partial charge in [0.15, 0.2) is 0 Å². The molecule has 1 aromatic heterocycles. The van der Waals surface area contributed by atoms with Gasteiger partial charge in [0.05, 0.1) is 0 Å². The number of H-pyrrole nitrogens is 1. The van der Waals surface area contributed by atoms with Gasteiger partial charge in [-0.25, -0.2) is 0 Å². The van der Waals surface area contributed by atoms with Crippen molar-refractivity contribution in [1.29, 1.82) is 0 Å². The highest BCUT2D eigenvalue weighted by Crippen LogP contribution is 2.20. The predicted octanol–water partition coefficient (Wildman–Crippen LogP) is 4.57. The summed E-state index contributed by atoms with van der Waals surface area (Å²) in [6.07, 6.45) is 11.6. The molecule has 6 nitrogen and oxygen atoms in total. The summed E-state index contributed by atoms with van der Waals surface area (Å²) in [5.74, 6) is 0.121. The number of unbranched alkanes of at least 4 members (excludes halogenated alkanes) is 2. The van der Waals surface area contributed by atoms with Crippen molar-refractivity contribution in [3.63, 3.8) is 0 Å². The van der Waals surface area contributed by atoms with Crippen LogP contribution in [0.15, 0.2) is 30.5 Å². The van der Waals surface area contributed by atoms with Crippen molar-refractivity contribution in [2.24, 2.45) is 0 Å². The predicted molar refractivity (Wildman–Crippen MR) is 127 cm³/mol. The number of rotatable bonds is 13. The third-order valence-electron chi connectivity index (χ3n) is 6.49. The molecule has 1 fully saturated rings. The summed E-state index contributed by atoms with van der Waals surface area (Å²) >= 11 is 0. The van der Waals surface area contributed by atoms with E-state index in [2.05, 4.69) is 21.7 Å². The first kappa shape index (κ1) is 24.0. The summed E-state index contributed by atoms with van der Waals surface area (Å²) in [4.78, 5) is 40.3. The fourth-order valence-electron chi connectivity index (χ4n) is 4.52. The molecule has 3 N–H and O–H groups in total. The van der Waals surface area contributed by atoms with Gasteiger partial charge in [-0.05, 0) is 43.7 Å². The van der Waals surface area contributed by atoms with Crippen LogP contribution in [-0.2, 0) is 20.8 Å². The standard InChI is InChI=1S/C26H37N3O3/c1-2-21(30)12-4-3-5-15-24(26(32)28-20-10-6-7-11-20)29-25(31)17-16-19-18-27-23-14-9-8-13-22(19)23/h8-9,13-14,18,20,24,27H,2-7,10-12,15-17H2,1H3,(H,28,32)(H,29,31). The number of carbonyl (C=O) groups is 3. The van der Waals surface area contributed by atoms with E-state index >= 15 is 0 Å². The molecule has 1 aliphatic carbocycles. The number of amides is 2. The Bertz CT molecular complexity index is 899. The Hall–Kier alpha value is -2.63. The van der Waals surface area contributed by atoms with Crippen LogP contribution < -0.4 is 10.6 Å². The minimum atomic E-state index is -0.507. The molecular formula is C26H37N3O3. The van der Waals surface area contributed by atoms with Crippen LogP contribution in [-0.4, -0.2) is 34.7 Å². The van der Waals surface area contributed by atoms with Gasteiger partial charge in [-0.3, -0.25) is 14.4 Å². The number of nitrogens with one attached hydrogen (secondary N) is 3. The number of fused-ring (bicyclic) bond motifs is 1. The molecule has 6 heteroatoms. The number of aromatic amines is 1. The van der Waals surface area contributed by atoms with E-state index in [9.17, 15) is 14.4 Å². The second-order valence-corrected chi connectivity index (χ2v) is 8.96. The normalized spacial score (nSPS) is 15.0. The second-order valence-electron chi connectivity index (χ2n) is 8.96. The highest BCUT2D eigenvalue weighted by atomic mass is 16.2. The lowest BCUT2D eigenvalue weighted by molar-refractivity contribution is -0.129. The molecule has 2 aromatic rings. The molecule has 1 atom stereocenters. The molecule has 0 bridgehead atoms. The molecule has 0 aliphatic heterocycles. The maximum atomic E-state index is 12.9. The zero-order valence-corrected chi connectivity index (χ0v) is 19.3. The first-order valence-electron chi connectivity index (χ1n) is 12.2. The second kappa shape index (κ2) is 12.4. The zero-order chi connectivity index (χ0) is 22.8. The average Bonchev–Trinajstić information content (AvgIpc) is 3.46. The lowest BCUT2D eigenvalue weighted by Gasteiger charge is -2.21. The largest absolute Gasteiger partial charge is 0.361 e. The van der Waals surface area contributed by atoms with Gasteiger partial charge in [0.25, 0.3) is 0 Å². The molecule has 1 unspecified atom stereocenters. The van der Waals surface area contributed by atoms with Crippen LogP contribution in [0.1, 0.15) is 83.1 Å². The molecule has 174 valence electrons. The Morgan fingerprint density at radius 3 is 2.62 bits per heavy atom. The van der Waals surface area contributed by atoms with Crippen molar-refractivity contribution >= 4 is 28.5 Å². The van der Waals surface area contributed by atoms with Crippen LogP contribution in [0.25, 0.3) is 10.9 Å². The van der Waals surface area contributed by atoms with Gasteiger partial charge in [-0.1, -0.05) is 50.8 Å². The van der Waals surface area contributed by atoms with E-state index < -0.39 is 6.04 Å². The van der Waals surface area contributed by atoms with Crippen LogP contribution in [0.4, 0.5) is 0 Å². The third kappa shape index (κ3) is 7.21. The van der Waals surface area contributed by atoms with E-state index in [0.29, 0.717) is 32.1 Å². The number of carbonyl (C=O) groups excluding carboxylic acids is 3. The van der Waals surface area contributed by atoms with Crippen molar-refractivity contribution in [3.8, 4) is 0 Å². The summed E-state index contributed by atoms with van der Waals surface area (Å²) in [7, 11) is 0. The summed E-state index contributed by atoms with van der Waals surface area (Å²) in [5.41, 5.74) is 2.18. The monoisotopic (exact) mass is 439 g/mol. The molecule has 32 heavy (non-hydrogen) atoms. The number of ketones is 1. The van der Waals surface area contributed by atoms with E-state index in [0.717, 1.165) is 61.4 Å². The summed E-state index contributed by atoms with van der Waals surface area (Å²) in [5, 5.41) is 7.25. The van der Waals surface area contributed by atoms with E-state index in [1.165, 1.54) is 0 Å². The lowest BCUT2D eigenvalue weighted by Crippen LogP contribution is -2.49. The van der Waals surface area contributed by atoms with E-state index in [1.807, 2.05) is 31.3 Å². The average molecular weight is 440 g/mol. The fourth-order valence-corrected chi connectivity index (χ4v) is 4.52. The number of aryl methyl sites for hydroxylation is 1. The molecule has 2 amide bonds. The highest BCUT2D eigenvalue weighted by Gasteiger charge is 2.24. The van der Waals surface area contributed by atoms with Crippen LogP contribution in [0, 0.1) is 0 Å². The maximum absolute atomic E-state index is 12.9. The topological polar surface area (TPSA) is 91.1 Å². The number of aromatic nitrogens is 1.